The lowest BCUT2D eigenvalue weighted by Gasteiger charge is -2.26. The van der Waals surface area contributed by atoms with E-state index in [-0.39, 0.29) is 11.9 Å². The molecular formula is C14H26O2. The smallest absolute Gasteiger partial charge is 0.309 e. The van der Waals surface area contributed by atoms with E-state index in [9.17, 15) is 4.79 Å². The van der Waals surface area contributed by atoms with Gasteiger partial charge in [0.05, 0.1) is 12.5 Å². The Morgan fingerprint density at radius 3 is 2.12 bits per heavy atom. The van der Waals surface area contributed by atoms with Crippen molar-refractivity contribution in [3.05, 3.63) is 0 Å². The molecule has 0 aromatic carbocycles. The van der Waals surface area contributed by atoms with Crippen molar-refractivity contribution >= 4 is 5.97 Å². The molecule has 0 aromatic rings. The van der Waals surface area contributed by atoms with Crippen molar-refractivity contribution in [1.29, 1.82) is 0 Å². The summed E-state index contributed by atoms with van der Waals surface area (Å²) in [5.74, 6) is 2.07. The lowest BCUT2D eigenvalue weighted by Crippen LogP contribution is -2.22. The first-order valence-electron chi connectivity index (χ1n) is 6.80. The van der Waals surface area contributed by atoms with E-state index in [1.165, 1.54) is 19.3 Å². The molecule has 3 atom stereocenters. The normalized spacial score (nSPS) is 27.2. The van der Waals surface area contributed by atoms with Gasteiger partial charge in [0.1, 0.15) is 0 Å². The summed E-state index contributed by atoms with van der Waals surface area (Å²) in [6, 6.07) is 0. The van der Waals surface area contributed by atoms with E-state index in [0.29, 0.717) is 18.4 Å². The third-order valence-corrected chi connectivity index (χ3v) is 4.27. The Labute approximate surface area is 99.8 Å². The predicted molar refractivity (Wildman–Crippen MR) is 66.1 cm³/mol. The molecule has 94 valence electrons. The summed E-state index contributed by atoms with van der Waals surface area (Å²) in [4.78, 5) is 11.6. The van der Waals surface area contributed by atoms with Crippen molar-refractivity contribution in [3.63, 3.8) is 0 Å². The van der Waals surface area contributed by atoms with Crippen LogP contribution in [0.2, 0.25) is 0 Å². The fourth-order valence-electron chi connectivity index (χ4n) is 2.97. The summed E-state index contributed by atoms with van der Waals surface area (Å²) in [5, 5.41) is 0. The fraction of sp³-hybridized carbons (Fsp3) is 0.929. The molecule has 0 aliphatic carbocycles. The molecule has 1 fully saturated rings. The zero-order valence-electron chi connectivity index (χ0n) is 11.2. The highest BCUT2D eigenvalue weighted by molar-refractivity contribution is 5.74. The second kappa shape index (κ2) is 6.27. The SMILES string of the molecule is CCC(CC)C(CC)C[C@@H]1C(=O)OC[C@@H]1C. The van der Waals surface area contributed by atoms with Gasteiger partial charge < -0.3 is 4.74 Å². The highest BCUT2D eigenvalue weighted by atomic mass is 16.5. The molecule has 1 unspecified atom stereocenters. The minimum absolute atomic E-state index is 0.0388. The number of rotatable bonds is 6. The first-order chi connectivity index (χ1) is 7.63. The number of hydrogen-bond acceptors (Lipinski definition) is 2. The third-order valence-electron chi connectivity index (χ3n) is 4.27. The van der Waals surface area contributed by atoms with Crippen LogP contribution in [0.3, 0.4) is 0 Å². The summed E-state index contributed by atoms with van der Waals surface area (Å²) in [6.07, 6.45) is 4.67. The Morgan fingerprint density at radius 1 is 1.19 bits per heavy atom. The van der Waals surface area contributed by atoms with Crippen LogP contribution in [0.5, 0.6) is 0 Å². The van der Waals surface area contributed by atoms with E-state index in [4.69, 9.17) is 4.74 Å². The molecule has 0 amide bonds. The van der Waals surface area contributed by atoms with Crippen molar-refractivity contribution in [2.75, 3.05) is 6.61 Å². The molecule has 0 saturated carbocycles. The van der Waals surface area contributed by atoms with Crippen molar-refractivity contribution in [2.45, 2.75) is 53.4 Å². The number of cyclic esters (lactones) is 1. The van der Waals surface area contributed by atoms with Gasteiger partial charge in [-0.1, -0.05) is 47.0 Å². The zero-order valence-corrected chi connectivity index (χ0v) is 11.2. The van der Waals surface area contributed by atoms with Crippen LogP contribution in [-0.4, -0.2) is 12.6 Å². The first-order valence-corrected chi connectivity index (χ1v) is 6.80. The molecule has 1 heterocycles. The maximum atomic E-state index is 11.6. The Bertz CT molecular complexity index is 221. The number of hydrogen-bond donors (Lipinski definition) is 0. The Kier molecular flexibility index (Phi) is 5.30. The monoisotopic (exact) mass is 226 g/mol. The number of carbonyl (C=O) groups is 1. The molecule has 1 saturated heterocycles. The standard InChI is InChI=1S/C14H26O2/c1-5-11(6-2)12(7-3)8-13-10(4)9-16-14(13)15/h10-13H,5-9H2,1-4H3/t10-,12?,13-/m0/s1. The zero-order chi connectivity index (χ0) is 12.1. The second-order valence-corrected chi connectivity index (χ2v) is 5.19. The van der Waals surface area contributed by atoms with Crippen LogP contribution in [0.15, 0.2) is 0 Å². The van der Waals surface area contributed by atoms with Crippen LogP contribution in [0.1, 0.15) is 53.4 Å². The van der Waals surface area contributed by atoms with Crippen molar-refractivity contribution < 1.29 is 9.53 Å². The van der Waals surface area contributed by atoms with Gasteiger partial charge in [-0.2, -0.15) is 0 Å². The molecule has 2 nitrogen and oxygen atoms in total. The van der Waals surface area contributed by atoms with E-state index in [0.717, 1.165) is 12.3 Å². The predicted octanol–water partition coefficient (Wildman–Crippen LogP) is 3.65. The van der Waals surface area contributed by atoms with Crippen molar-refractivity contribution in [3.8, 4) is 0 Å². The largest absolute Gasteiger partial charge is 0.465 e. The van der Waals surface area contributed by atoms with E-state index >= 15 is 0 Å². The highest BCUT2D eigenvalue weighted by Gasteiger charge is 2.36. The van der Waals surface area contributed by atoms with Gasteiger partial charge in [-0.3, -0.25) is 4.79 Å². The number of carbonyl (C=O) groups excluding carboxylic acids is 1. The van der Waals surface area contributed by atoms with Gasteiger partial charge in [-0.25, -0.2) is 0 Å². The first kappa shape index (κ1) is 13.5. The average molecular weight is 226 g/mol. The van der Waals surface area contributed by atoms with Crippen LogP contribution in [0.25, 0.3) is 0 Å². The van der Waals surface area contributed by atoms with E-state index in [1.807, 2.05) is 0 Å². The molecule has 0 radical (unpaired) electrons. The van der Waals surface area contributed by atoms with Crippen LogP contribution >= 0.6 is 0 Å². The second-order valence-electron chi connectivity index (χ2n) is 5.19. The summed E-state index contributed by atoms with van der Waals surface area (Å²) in [5.41, 5.74) is 0. The quantitative estimate of drug-likeness (QED) is 0.646. The molecule has 0 N–H and O–H groups in total. The van der Waals surface area contributed by atoms with Gasteiger partial charge >= 0.3 is 5.97 Å². The van der Waals surface area contributed by atoms with Crippen LogP contribution < -0.4 is 0 Å². The average Bonchev–Trinajstić information content (AvgIpc) is 2.60. The minimum Gasteiger partial charge on any atom is -0.465 e. The molecule has 2 heteroatoms. The molecule has 1 aliphatic rings. The molecular weight excluding hydrogens is 200 g/mol. The van der Waals surface area contributed by atoms with E-state index < -0.39 is 0 Å². The van der Waals surface area contributed by atoms with Gasteiger partial charge in [0.15, 0.2) is 0 Å². The lowest BCUT2D eigenvalue weighted by molar-refractivity contribution is -0.141. The van der Waals surface area contributed by atoms with E-state index in [2.05, 4.69) is 27.7 Å². The van der Waals surface area contributed by atoms with Crippen LogP contribution in [0, 0.1) is 23.7 Å². The van der Waals surface area contributed by atoms with Crippen LogP contribution in [-0.2, 0) is 9.53 Å². The van der Waals surface area contributed by atoms with Gasteiger partial charge in [0.2, 0.25) is 0 Å². The maximum Gasteiger partial charge on any atom is 0.309 e. The number of ether oxygens (including phenoxy) is 1. The fourth-order valence-corrected chi connectivity index (χ4v) is 2.97. The van der Waals surface area contributed by atoms with Gasteiger partial charge in [0.25, 0.3) is 0 Å². The summed E-state index contributed by atoms with van der Waals surface area (Å²) in [6.45, 7) is 9.52. The van der Waals surface area contributed by atoms with Gasteiger partial charge in [0, 0.05) is 5.92 Å². The van der Waals surface area contributed by atoms with Gasteiger partial charge in [-0.15, -0.1) is 0 Å². The molecule has 16 heavy (non-hydrogen) atoms. The third kappa shape index (κ3) is 2.99. The topological polar surface area (TPSA) is 26.3 Å². The molecule has 0 spiro atoms. The molecule has 1 aliphatic heterocycles. The highest BCUT2D eigenvalue weighted by Crippen LogP contribution is 2.34. The molecule has 0 bridgehead atoms. The Morgan fingerprint density at radius 2 is 1.75 bits per heavy atom. The van der Waals surface area contributed by atoms with Gasteiger partial charge in [-0.05, 0) is 18.3 Å². The summed E-state index contributed by atoms with van der Waals surface area (Å²) in [7, 11) is 0. The maximum absolute atomic E-state index is 11.6. The number of esters is 1. The summed E-state index contributed by atoms with van der Waals surface area (Å²) < 4.78 is 5.13. The van der Waals surface area contributed by atoms with Crippen molar-refractivity contribution in [2.24, 2.45) is 23.7 Å². The Balaban J connectivity index is 2.58. The lowest BCUT2D eigenvalue weighted by atomic mass is 9.77. The Hall–Kier alpha value is -0.530. The van der Waals surface area contributed by atoms with E-state index in [1.54, 1.807) is 0 Å². The summed E-state index contributed by atoms with van der Waals surface area (Å²) >= 11 is 0. The molecule has 1 rings (SSSR count). The molecule has 0 aromatic heterocycles. The minimum atomic E-state index is 0.0388. The van der Waals surface area contributed by atoms with Crippen molar-refractivity contribution in [1.82, 2.24) is 0 Å². The van der Waals surface area contributed by atoms with Crippen LogP contribution in [0.4, 0.5) is 0 Å².